The van der Waals surface area contributed by atoms with Crippen molar-refractivity contribution in [1.29, 1.82) is 0 Å². The van der Waals surface area contributed by atoms with E-state index in [-0.39, 0.29) is 6.10 Å². The fourth-order valence-corrected chi connectivity index (χ4v) is 1.37. The Labute approximate surface area is 80.7 Å². The van der Waals surface area contributed by atoms with E-state index < -0.39 is 0 Å². The van der Waals surface area contributed by atoms with Crippen LogP contribution in [0.4, 0.5) is 0 Å². The summed E-state index contributed by atoms with van der Waals surface area (Å²) in [6.07, 6.45) is 1.33. The molecule has 0 N–H and O–H groups in total. The van der Waals surface area contributed by atoms with Crippen LogP contribution in [0, 0.1) is 6.92 Å². The molecule has 0 aliphatic carbocycles. The molecular weight excluding hydrogens is 160 g/mol. The lowest BCUT2D eigenvalue weighted by Crippen LogP contribution is -2.05. The minimum absolute atomic E-state index is 0.257. The third-order valence-electron chi connectivity index (χ3n) is 2.07. The number of aryl methyl sites for hydroxylation is 2. The predicted molar refractivity (Wildman–Crippen MR) is 56.3 cm³/mol. The molecule has 1 aromatic rings. The Morgan fingerprint density at radius 1 is 1.31 bits per heavy atom. The van der Waals surface area contributed by atoms with Crippen molar-refractivity contribution >= 4 is 0 Å². The SMILES string of the molecule is CCc1cc(OC(C)C)ccc1C. The van der Waals surface area contributed by atoms with Gasteiger partial charge in [0, 0.05) is 0 Å². The Hall–Kier alpha value is -0.980. The maximum absolute atomic E-state index is 5.61. The Kier molecular flexibility index (Phi) is 3.35. The van der Waals surface area contributed by atoms with Gasteiger partial charge in [0.05, 0.1) is 6.10 Å². The standard InChI is InChI=1S/C12H18O/c1-5-11-8-12(13-9(2)3)7-6-10(11)4/h6-9H,5H2,1-4H3. The lowest BCUT2D eigenvalue weighted by molar-refractivity contribution is 0.242. The van der Waals surface area contributed by atoms with E-state index in [1.54, 1.807) is 0 Å². The van der Waals surface area contributed by atoms with Crippen LogP contribution >= 0.6 is 0 Å². The molecule has 0 aliphatic heterocycles. The summed E-state index contributed by atoms with van der Waals surface area (Å²) >= 11 is 0. The first kappa shape index (κ1) is 10.1. The van der Waals surface area contributed by atoms with Crippen molar-refractivity contribution in [3.05, 3.63) is 29.3 Å². The number of hydrogen-bond donors (Lipinski definition) is 0. The van der Waals surface area contributed by atoms with Crippen LogP contribution in [0.15, 0.2) is 18.2 Å². The van der Waals surface area contributed by atoms with E-state index in [9.17, 15) is 0 Å². The molecule has 72 valence electrons. The molecule has 0 atom stereocenters. The molecule has 1 heteroatoms. The van der Waals surface area contributed by atoms with Crippen molar-refractivity contribution in [3.8, 4) is 5.75 Å². The molecule has 1 rings (SSSR count). The van der Waals surface area contributed by atoms with Gasteiger partial charge in [0.1, 0.15) is 5.75 Å². The van der Waals surface area contributed by atoms with Gasteiger partial charge in [-0.3, -0.25) is 0 Å². The highest BCUT2D eigenvalue weighted by atomic mass is 16.5. The van der Waals surface area contributed by atoms with E-state index in [4.69, 9.17) is 4.74 Å². The van der Waals surface area contributed by atoms with Crippen molar-refractivity contribution in [1.82, 2.24) is 0 Å². The Bertz CT molecular complexity index is 276. The van der Waals surface area contributed by atoms with E-state index in [1.165, 1.54) is 11.1 Å². The van der Waals surface area contributed by atoms with Crippen LogP contribution in [-0.2, 0) is 6.42 Å². The first-order chi connectivity index (χ1) is 6.13. The van der Waals surface area contributed by atoms with E-state index in [0.29, 0.717) is 0 Å². The minimum atomic E-state index is 0.257. The second-order valence-electron chi connectivity index (χ2n) is 3.61. The van der Waals surface area contributed by atoms with E-state index in [1.807, 2.05) is 19.9 Å². The van der Waals surface area contributed by atoms with Crippen molar-refractivity contribution in [2.75, 3.05) is 0 Å². The van der Waals surface area contributed by atoms with Gasteiger partial charge in [-0.15, -0.1) is 0 Å². The fourth-order valence-electron chi connectivity index (χ4n) is 1.37. The van der Waals surface area contributed by atoms with Gasteiger partial charge in [-0.25, -0.2) is 0 Å². The summed E-state index contributed by atoms with van der Waals surface area (Å²) in [4.78, 5) is 0. The van der Waals surface area contributed by atoms with E-state index in [2.05, 4.69) is 26.0 Å². The molecule has 0 saturated carbocycles. The summed E-state index contributed by atoms with van der Waals surface area (Å²) < 4.78 is 5.61. The monoisotopic (exact) mass is 178 g/mol. The molecule has 1 nitrogen and oxygen atoms in total. The van der Waals surface area contributed by atoms with Gasteiger partial charge in [-0.2, -0.15) is 0 Å². The zero-order chi connectivity index (χ0) is 9.84. The first-order valence-corrected chi connectivity index (χ1v) is 4.89. The molecule has 0 bridgehead atoms. The van der Waals surface area contributed by atoms with Gasteiger partial charge in [-0.1, -0.05) is 13.0 Å². The van der Waals surface area contributed by atoms with Crippen molar-refractivity contribution in [3.63, 3.8) is 0 Å². The largest absolute Gasteiger partial charge is 0.491 e. The maximum Gasteiger partial charge on any atom is 0.119 e. The Morgan fingerprint density at radius 2 is 2.00 bits per heavy atom. The molecule has 0 spiro atoms. The maximum atomic E-state index is 5.61. The molecular formula is C12H18O. The summed E-state index contributed by atoms with van der Waals surface area (Å²) in [5.41, 5.74) is 2.72. The third-order valence-corrected chi connectivity index (χ3v) is 2.07. The van der Waals surface area contributed by atoms with Gasteiger partial charge in [-0.05, 0) is 50.5 Å². The van der Waals surface area contributed by atoms with Crippen molar-refractivity contribution in [2.45, 2.75) is 40.2 Å². The second kappa shape index (κ2) is 4.31. The molecule has 13 heavy (non-hydrogen) atoms. The zero-order valence-electron chi connectivity index (χ0n) is 8.92. The number of rotatable bonds is 3. The average Bonchev–Trinajstić information content (AvgIpc) is 2.07. The van der Waals surface area contributed by atoms with Gasteiger partial charge < -0.3 is 4.74 Å². The lowest BCUT2D eigenvalue weighted by atomic mass is 10.1. The molecule has 0 radical (unpaired) electrons. The third kappa shape index (κ3) is 2.76. The quantitative estimate of drug-likeness (QED) is 0.689. The van der Waals surface area contributed by atoms with Crippen LogP contribution in [-0.4, -0.2) is 6.10 Å². The lowest BCUT2D eigenvalue weighted by Gasteiger charge is -2.11. The highest BCUT2D eigenvalue weighted by Gasteiger charge is 2.00. The van der Waals surface area contributed by atoms with Crippen LogP contribution in [0.1, 0.15) is 31.9 Å². The minimum Gasteiger partial charge on any atom is -0.491 e. The van der Waals surface area contributed by atoms with E-state index in [0.717, 1.165) is 12.2 Å². The molecule has 0 amide bonds. The Morgan fingerprint density at radius 3 is 2.54 bits per heavy atom. The topological polar surface area (TPSA) is 9.23 Å². The van der Waals surface area contributed by atoms with Crippen molar-refractivity contribution in [2.24, 2.45) is 0 Å². The Balaban J connectivity index is 2.86. The predicted octanol–water partition coefficient (Wildman–Crippen LogP) is 3.34. The van der Waals surface area contributed by atoms with Gasteiger partial charge >= 0.3 is 0 Å². The van der Waals surface area contributed by atoms with Crippen molar-refractivity contribution < 1.29 is 4.74 Å². The molecule has 0 aromatic heterocycles. The molecule has 0 heterocycles. The van der Waals surface area contributed by atoms with Gasteiger partial charge in [0.2, 0.25) is 0 Å². The smallest absolute Gasteiger partial charge is 0.119 e. The van der Waals surface area contributed by atoms with Crippen LogP contribution in [0.5, 0.6) is 5.75 Å². The van der Waals surface area contributed by atoms with E-state index >= 15 is 0 Å². The average molecular weight is 178 g/mol. The van der Waals surface area contributed by atoms with Crippen LogP contribution in [0.3, 0.4) is 0 Å². The number of ether oxygens (including phenoxy) is 1. The summed E-state index contributed by atoms with van der Waals surface area (Å²) in [5, 5.41) is 0. The summed E-state index contributed by atoms with van der Waals surface area (Å²) in [7, 11) is 0. The first-order valence-electron chi connectivity index (χ1n) is 4.89. The number of benzene rings is 1. The summed E-state index contributed by atoms with van der Waals surface area (Å²) in [6.45, 7) is 8.40. The van der Waals surface area contributed by atoms with Gasteiger partial charge in [0.25, 0.3) is 0 Å². The highest BCUT2D eigenvalue weighted by molar-refractivity contribution is 5.34. The summed E-state index contributed by atoms with van der Waals surface area (Å²) in [5.74, 6) is 0.984. The molecule has 0 saturated heterocycles. The molecule has 0 aliphatic rings. The van der Waals surface area contributed by atoms with Crippen LogP contribution in [0.25, 0.3) is 0 Å². The molecule has 0 fully saturated rings. The fraction of sp³-hybridized carbons (Fsp3) is 0.500. The second-order valence-corrected chi connectivity index (χ2v) is 3.61. The normalized spacial score (nSPS) is 10.5. The molecule has 1 aromatic carbocycles. The van der Waals surface area contributed by atoms with Crippen LogP contribution in [0.2, 0.25) is 0 Å². The summed E-state index contributed by atoms with van der Waals surface area (Å²) in [6, 6.07) is 6.29. The zero-order valence-corrected chi connectivity index (χ0v) is 8.92. The van der Waals surface area contributed by atoms with Crippen LogP contribution < -0.4 is 4.74 Å². The molecule has 0 unspecified atom stereocenters. The number of hydrogen-bond acceptors (Lipinski definition) is 1. The highest BCUT2D eigenvalue weighted by Crippen LogP contribution is 2.18. The van der Waals surface area contributed by atoms with Gasteiger partial charge in [0.15, 0.2) is 0 Å².